The Labute approximate surface area is 136 Å². The van der Waals surface area contributed by atoms with Crippen LogP contribution in [0.5, 0.6) is 0 Å². The van der Waals surface area contributed by atoms with E-state index in [9.17, 15) is 8.78 Å². The van der Waals surface area contributed by atoms with Crippen LogP contribution < -0.4 is 5.32 Å². The highest BCUT2D eigenvalue weighted by atomic mass is 79.9. The first-order chi connectivity index (χ1) is 9.93. The Morgan fingerprint density at radius 2 is 1.90 bits per heavy atom. The SMILES string of the molecule is CCNC(c1cc(C)c(F)cc1Cl)c1cc(F)ccc1Br. The highest BCUT2D eigenvalue weighted by Crippen LogP contribution is 2.34. The Balaban J connectivity index is 2.58. The summed E-state index contributed by atoms with van der Waals surface area (Å²) >= 11 is 9.62. The molecule has 0 aliphatic rings. The first-order valence-electron chi connectivity index (χ1n) is 6.58. The summed E-state index contributed by atoms with van der Waals surface area (Å²) in [6, 6.07) is 7.17. The Bertz CT molecular complexity index is 661. The Morgan fingerprint density at radius 3 is 2.57 bits per heavy atom. The van der Waals surface area contributed by atoms with E-state index in [0.29, 0.717) is 17.1 Å². The van der Waals surface area contributed by atoms with Gasteiger partial charge in [-0.1, -0.05) is 34.5 Å². The van der Waals surface area contributed by atoms with Crippen LogP contribution in [0.2, 0.25) is 5.02 Å². The largest absolute Gasteiger partial charge is 0.306 e. The zero-order valence-corrected chi connectivity index (χ0v) is 14.0. The summed E-state index contributed by atoms with van der Waals surface area (Å²) in [5.74, 6) is -0.677. The molecule has 5 heteroatoms. The lowest BCUT2D eigenvalue weighted by atomic mass is 9.96. The van der Waals surface area contributed by atoms with Crippen LogP contribution in [0.25, 0.3) is 0 Å². The minimum atomic E-state index is -0.350. The normalized spacial score (nSPS) is 12.5. The Kier molecular flexibility index (Phi) is 5.36. The molecule has 2 rings (SSSR count). The van der Waals surface area contributed by atoms with E-state index in [1.807, 2.05) is 6.92 Å². The van der Waals surface area contributed by atoms with Crippen LogP contribution in [0.1, 0.15) is 29.7 Å². The molecule has 0 radical (unpaired) electrons. The van der Waals surface area contributed by atoms with E-state index in [-0.39, 0.29) is 17.7 Å². The van der Waals surface area contributed by atoms with Crippen LogP contribution in [-0.2, 0) is 0 Å². The number of aryl methyl sites for hydroxylation is 1. The van der Waals surface area contributed by atoms with Gasteiger partial charge in [0.05, 0.1) is 6.04 Å². The fourth-order valence-electron chi connectivity index (χ4n) is 2.23. The smallest absolute Gasteiger partial charge is 0.127 e. The van der Waals surface area contributed by atoms with E-state index in [1.165, 1.54) is 18.2 Å². The second-order valence-electron chi connectivity index (χ2n) is 4.78. The highest BCUT2D eigenvalue weighted by molar-refractivity contribution is 9.10. The molecule has 0 saturated heterocycles. The first kappa shape index (κ1) is 16.4. The van der Waals surface area contributed by atoms with Gasteiger partial charge in [0.1, 0.15) is 11.6 Å². The molecule has 0 bridgehead atoms. The van der Waals surface area contributed by atoms with Gasteiger partial charge in [-0.05, 0) is 60.5 Å². The van der Waals surface area contributed by atoms with Crippen molar-refractivity contribution < 1.29 is 8.78 Å². The average molecular weight is 375 g/mol. The third kappa shape index (κ3) is 3.62. The van der Waals surface area contributed by atoms with E-state index in [0.717, 1.165) is 15.6 Å². The molecule has 1 unspecified atom stereocenters. The molecule has 0 spiro atoms. The van der Waals surface area contributed by atoms with E-state index in [1.54, 1.807) is 19.1 Å². The second-order valence-corrected chi connectivity index (χ2v) is 6.04. The molecule has 112 valence electrons. The fraction of sp³-hybridized carbons (Fsp3) is 0.250. The summed E-state index contributed by atoms with van der Waals surface area (Å²) in [7, 11) is 0. The number of hydrogen-bond donors (Lipinski definition) is 1. The predicted molar refractivity (Wildman–Crippen MR) is 85.8 cm³/mol. The lowest BCUT2D eigenvalue weighted by Gasteiger charge is -2.22. The molecule has 0 aliphatic carbocycles. The maximum Gasteiger partial charge on any atom is 0.127 e. The van der Waals surface area contributed by atoms with Gasteiger partial charge in [-0.25, -0.2) is 8.78 Å². The van der Waals surface area contributed by atoms with Gasteiger partial charge in [-0.3, -0.25) is 0 Å². The second kappa shape index (κ2) is 6.86. The van der Waals surface area contributed by atoms with E-state index in [2.05, 4.69) is 21.2 Å². The summed E-state index contributed by atoms with van der Waals surface area (Å²) in [6.07, 6.45) is 0. The summed E-state index contributed by atoms with van der Waals surface area (Å²) < 4.78 is 27.9. The minimum absolute atomic E-state index is 0.313. The Morgan fingerprint density at radius 1 is 1.19 bits per heavy atom. The predicted octanol–water partition coefficient (Wildman–Crippen LogP) is 5.39. The van der Waals surface area contributed by atoms with Gasteiger partial charge < -0.3 is 5.32 Å². The lowest BCUT2D eigenvalue weighted by Crippen LogP contribution is -2.23. The third-order valence-electron chi connectivity index (χ3n) is 3.27. The van der Waals surface area contributed by atoms with Crippen molar-refractivity contribution in [2.24, 2.45) is 0 Å². The summed E-state index contributed by atoms with van der Waals surface area (Å²) in [4.78, 5) is 0. The monoisotopic (exact) mass is 373 g/mol. The van der Waals surface area contributed by atoms with Crippen LogP contribution in [0, 0.1) is 18.6 Å². The van der Waals surface area contributed by atoms with Gasteiger partial charge in [0.25, 0.3) is 0 Å². The van der Waals surface area contributed by atoms with Gasteiger partial charge in [-0.2, -0.15) is 0 Å². The standard InChI is InChI=1S/C16H15BrClF2N/c1-3-21-16(11-7-10(19)4-5-13(11)17)12-6-9(2)15(20)8-14(12)18/h4-8,16,21H,3H2,1-2H3. The molecule has 1 nitrogen and oxygen atoms in total. The molecule has 0 amide bonds. The number of nitrogens with one attached hydrogen (secondary N) is 1. The third-order valence-corrected chi connectivity index (χ3v) is 4.32. The van der Waals surface area contributed by atoms with Crippen molar-refractivity contribution in [3.8, 4) is 0 Å². The minimum Gasteiger partial charge on any atom is -0.306 e. The molecule has 2 aromatic carbocycles. The fourth-order valence-corrected chi connectivity index (χ4v) is 2.96. The Hall–Kier alpha value is -0.970. The van der Waals surface area contributed by atoms with E-state index >= 15 is 0 Å². The molecule has 0 heterocycles. The molecular weight excluding hydrogens is 360 g/mol. The molecule has 1 N–H and O–H groups in total. The zero-order chi connectivity index (χ0) is 15.6. The van der Waals surface area contributed by atoms with Crippen molar-refractivity contribution in [3.63, 3.8) is 0 Å². The molecule has 2 aromatic rings. The van der Waals surface area contributed by atoms with Gasteiger partial charge in [0.15, 0.2) is 0 Å². The van der Waals surface area contributed by atoms with Crippen LogP contribution in [-0.4, -0.2) is 6.54 Å². The molecule has 1 atom stereocenters. The molecule has 0 aromatic heterocycles. The van der Waals surface area contributed by atoms with Crippen molar-refractivity contribution in [2.45, 2.75) is 19.9 Å². The van der Waals surface area contributed by atoms with Gasteiger partial charge >= 0.3 is 0 Å². The van der Waals surface area contributed by atoms with E-state index in [4.69, 9.17) is 11.6 Å². The molecule has 0 saturated carbocycles. The van der Waals surface area contributed by atoms with E-state index < -0.39 is 0 Å². The molecular formula is C16H15BrClF2N. The summed E-state index contributed by atoms with van der Waals surface area (Å²) in [6.45, 7) is 4.30. The van der Waals surface area contributed by atoms with Crippen molar-refractivity contribution in [3.05, 3.63) is 68.2 Å². The molecule has 21 heavy (non-hydrogen) atoms. The molecule has 0 fully saturated rings. The van der Waals surface area contributed by atoms with Gasteiger partial charge in [-0.15, -0.1) is 0 Å². The number of halogens is 4. The van der Waals surface area contributed by atoms with Crippen molar-refractivity contribution >= 4 is 27.5 Å². The van der Waals surface area contributed by atoms with Crippen molar-refractivity contribution in [1.29, 1.82) is 0 Å². The van der Waals surface area contributed by atoms with Gasteiger partial charge in [0, 0.05) is 9.50 Å². The number of benzene rings is 2. The van der Waals surface area contributed by atoms with Crippen LogP contribution in [0.15, 0.2) is 34.8 Å². The zero-order valence-electron chi connectivity index (χ0n) is 11.7. The highest BCUT2D eigenvalue weighted by Gasteiger charge is 2.20. The summed E-state index contributed by atoms with van der Waals surface area (Å²) in [5, 5.41) is 3.59. The maximum absolute atomic E-state index is 13.6. The lowest BCUT2D eigenvalue weighted by molar-refractivity contribution is 0.594. The maximum atomic E-state index is 13.6. The quantitative estimate of drug-likeness (QED) is 0.757. The van der Waals surface area contributed by atoms with Crippen LogP contribution in [0.3, 0.4) is 0 Å². The van der Waals surface area contributed by atoms with Gasteiger partial charge in [0.2, 0.25) is 0 Å². The summed E-state index contributed by atoms with van der Waals surface area (Å²) in [5.41, 5.74) is 1.96. The van der Waals surface area contributed by atoms with Crippen LogP contribution >= 0.6 is 27.5 Å². The molecule has 0 aliphatic heterocycles. The number of hydrogen-bond acceptors (Lipinski definition) is 1. The average Bonchev–Trinajstić information content (AvgIpc) is 2.43. The van der Waals surface area contributed by atoms with Crippen molar-refractivity contribution in [1.82, 2.24) is 5.32 Å². The topological polar surface area (TPSA) is 12.0 Å². The first-order valence-corrected chi connectivity index (χ1v) is 7.75. The van der Waals surface area contributed by atoms with Crippen molar-refractivity contribution in [2.75, 3.05) is 6.54 Å². The number of rotatable bonds is 4. The van der Waals surface area contributed by atoms with Crippen LogP contribution in [0.4, 0.5) is 8.78 Å².